The summed E-state index contributed by atoms with van der Waals surface area (Å²) >= 11 is 3.42. The van der Waals surface area contributed by atoms with Crippen LogP contribution in [0.2, 0.25) is 0 Å². The first-order valence-corrected chi connectivity index (χ1v) is 7.23. The molecule has 2 aromatic rings. The number of hydrogen-bond donors (Lipinski definition) is 1. The minimum atomic E-state index is 0.451. The Balaban J connectivity index is 2.07. The Labute approximate surface area is 115 Å². The fourth-order valence-electron chi connectivity index (χ4n) is 2.97. The molecule has 0 radical (unpaired) electrons. The molecule has 1 saturated carbocycles. The van der Waals surface area contributed by atoms with Gasteiger partial charge in [-0.05, 0) is 40.8 Å². The number of nitrogens with two attached hydrogens (primary N) is 1. The molecule has 5 heteroatoms. The molecule has 2 N–H and O–H groups in total. The van der Waals surface area contributed by atoms with Crippen LogP contribution in [0.3, 0.4) is 0 Å². The largest absolute Gasteiger partial charge is 0.369 e. The van der Waals surface area contributed by atoms with E-state index < -0.39 is 0 Å². The molecular weight excluding hydrogens is 292 g/mol. The molecule has 2 heterocycles. The number of pyridine rings is 1. The molecule has 1 fully saturated rings. The van der Waals surface area contributed by atoms with Crippen LogP contribution in [-0.2, 0) is 0 Å². The van der Waals surface area contributed by atoms with Crippen LogP contribution in [0.15, 0.2) is 16.7 Å². The van der Waals surface area contributed by atoms with E-state index in [9.17, 15) is 0 Å². The fraction of sp³-hybridized carbons (Fsp3) is 0.538. The minimum Gasteiger partial charge on any atom is -0.369 e. The molecular formula is C13H17BrN4. The lowest BCUT2D eigenvalue weighted by molar-refractivity contribution is 0.288. The first-order chi connectivity index (χ1) is 8.65. The molecule has 0 aliphatic heterocycles. The van der Waals surface area contributed by atoms with Crippen LogP contribution >= 0.6 is 15.9 Å². The van der Waals surface area contributed by atoms with E-state index in [1.165, 1.54) is 25.7 Å². The summed E-state index contributed by atoms with van der Waals surface area (Å²) in [5.41, 5.74) is 7.86. The molecule has 2 atom stereocenters. The summed E-state index contributed by atoms with van der Waals surface area (Å²) in [4.78, 5) is 8.90. The van der Waals surface area contributed by atoms with Gasteiger partial charge in [0.15, 0.2) is 5.65 Å². The zero-order valence-electron chi connectivity index (χ0n) is 10.4. The average molecular weight is 309 g/mol. The molecule has 0 saturated heterocycles. The van der Waals surface area contributed by atoms with Crippen molar-refractivity contribution in [2.45, 2.75) is 38.6 Å². The second kappa shape index (κ2) is 4.53. The Kier molecular flexibility index (Phi) is 3.01. The molecule has 0 aromatic carbocycles. The van der Waals surface area contributed by atoms with E-state index in [-0.39, 0.29) is 0 Å². The van der Waals surface area contributed by atoms with Crippen LogP contribution in [-0.4, -0.2) is 14.5 Å². The average Bonchev–Trinajstić information content (AvgIpc) is 2.64. The highest BCUT2D eigenvalue weighted by atomic mass is 79.9. The summed E-state index contributed by atoms with van der Waals surface area (Å²) in [6.07, 6.45) is 6.75. The van der Waals surface area contributed by atoms with Gasteiger partial charge in [-0.3, -0.25) is 4.57 Å². The van der Waals surface area contributed by atoms with Crippen LogP contribution < -0.4 is 5.73 Å². The van der Waals surface area contributed by atoms with Crippen molar-refractivity contribution in [1.29, 1.82) is 0 Å². The molecule has 4 nitrogen and oxygen atoms in total. The van der Waals surface area contributed by atoms with Gasteiger partial charge in [0.1, 0.15) is 5.52 Å². The molecule has 0 amide bonds. The van der Waals surface area contributed by atoms with E-state index in [1.807, 2.05) is 12.3 Å². The predicted molar refractivity (Wildman–Crippen MR) is 76.3 cm³/mol. The van der Waals surface area contributed by atoms with Gasteiger partial charge >= 0.3 is 0 Å². The van der Waals surface area contributed by atoms with Gasteiger partial charge in [0.05, 0.1) is 0 Å². The Morgan fingerprint density at radius 3 is 3.06 bits per heavy atom. The minimum absolute atomic E-state index is 0.451. The fourth-order valence-corrected chi connectivity index (χ4v) is 3.29. The standard InChI is InChI=1S/C13H17BrN4/c1-8-3-2-4-10(5-8)18-12-11(17-13(18)15)6-9(14)7-16-12/h6-8,10H,2-5H2,1H3,(H2,15,17). The quantitative estimate of drug-likeness (QED) is 0.877. The van der Waals surface area contributed by atoms with Crippen molar-refractivity contribution in [3.8, 4) is 0 Å². The van der Waals surface area contributed by atoms with Crippen LogP contribution in [0.5, 0.6) is 0 Å². The number of imidazole rings is 1. The molecule has 1 aliphatic rings. The highest BCUT2D eigenvalue weighted by Gasteiger charge is 2.24. The zero-order valence-corrected chi connectivity index (χ0v) is 12.0. The molecule has 2 aromatic heterocycles. The predicted octanol–water partition coefficient (Wildman–Crippen LogP) is 3.53. The topological polar surface area (TPSA) is 56.7 Å². The lowest BCUT2D eigenvalue weighted by atomic mass is 9.87. The number of halogens is 1. The second-order valence-corrected chi connectivity index (χ2v) is 6.18. The van der Waals surface area contributed by atoms with Crippen molar-refractivity contribution < 1.29 is 0 Å². The van der Waals surface area contributed by atoms with Crippen molar-refractivity contribution >= 4 is 33.0 Å². The third-order valence-electron chi connectivity index (χ3n) is 3.80. The second-order valence-electron chi connectivity index (χ2n) is 5.26. The number of nitrogens with zero attached hydrogens (tertiary/aromatic N) is 3. The first kappa shape index (κ1) is 12.0. The molecule has 18 heavy (non-hydrogen) atoms. The first-order valence-electron chi connectivity index (χ1n) is 6.44. The van der Waals surface area contributed by atoms with Crippen molar-refractivity contribution in [3.63, 3.8) is 0 Å². The van der Waals surface area contributed by atoms with E-state index in [0.29, 0.717) is 12.0 Å². The highest BCUT2D eigenvalue weighted by molar-refractivity contribution is 9.10. The molecule has 3 rings (SSSR count). The lowest BCUT2D eigenvalue weighted by Crippen LogP contribution is -2.19. The van der Waals surface area contributed by atoms with Crippen LogP contribution in [0.4, 0.5) is 5.95 Å². The van der Waals surface area contributed by atoms with Gasteiger partial charge in [-0.15, -0.1) is 0 Å². The Morgan fingerprint density at radius 1 is 1.44 bits per heavy atom. The monoisotopic (exact) mass is 308 g/mol. The van der Waals surface area contributed by atoms with Gasteiger partial charge in [-0.1, -0.05) is 19.8 Å². The van der Waals surface area contributed by atoms with Gasteiger partial charge in [-0.2, -0.15) is 0 Å². The van der Waals surface area contributed by atoms with Gasteiger partial charge in [-0.25, -0.2) is 9.97 Å². The number of anilines is 1. The van der Waals surface area contributed by atoms with E-state index in [0.717, 1.165) is 21.6 Å². The van der Waals surface area contributed by atoms with E-state index in [1.54, 1.807) is 0 Å². The maximum absolute atomic E-state index is 6.08. The summed E-state index contributed by atoms with van der Waals surface area (Å²) in [5.74, 6) is 1.35. The van der Waals surface area contributed by atoms with Crippen molar-refractivity contribution in [1.82, 2.24) is 14.5 Å². The maximum Gasteiger partial charge on any atom is 0.202 e. The summed E-state index contributed by atoms with van der Waals surface area (Å²) in [5, 5.41) is 0. The molecule has 0 bridgehead atoms. The van der Waals surface area contributed by atoms with Gasteiger partial charge in [0, 0.05) is 16.7 Å². The molecule has 96 valence electrons. The van der Waals surface area contributed by atoms with Gasteiger partial charge in [0.25, 0.3) is 0 Å². The normalized spacial score (nSPS) is 24.6. The van der Waals surface area contributed by atoms with Crippen LogP contribution in [0.1, 0.15) is 38.6 Å². The van der Waals surface area contributed by atoms with E-state index >= 15 is 0 Å². The van der Waals surface area contributed by atoms with E-state index in [4.69, 9.17) is 5.73 Å². The number of hydrogen-bond acceptors (Lipinski definition) is 3. The Bertz CT molecular complexity index is 578. The zero-order chi connectivity index (χ0) is 12.7. The van der Waals surface area contributed by atoms with Gasteiger partial charge in [0.2, 0.25) is 5.95 Å². The number of aromatic nitrogens is 3. The molecule has 2 unspecified atom stereocenters. The third-order valence-corrected chi connectivity index (χ3v) is 4.23. The molecule has 1 aliphatic carbocycles. The highest BCUT2D eigenvalue weighted by Crippen LogP contribution is 2.35. The molecule has 0 spiro atoms. The number of fused-ring (bicyclic) bond motifs is 1. The lowest BCUT2D eigenvalue weighted by Gasteiger charge is -2.28. The summed E-state index contributed by atoms with van der Waals surface area (Å²) < 4.78 is 3.06. The van der Waals surface area contributed by atoms with E-state index in [2.05, 4.69) is 37.4 Å². The van der Waals surface area contributed by atoms with Gasteiger partial charge < -0.3 is 5.73 Å². The Hall–Kier alpha value is -1.10. The van der Waals surface area contributed by atoms with Crippen LogP contribution in [0, 0.1) is 5.92 Å². The Morgan fingerprint density at radius 2 is 2.28 bits per heavy atom. The van der Waals surface area contributed by atoms with Crippen molar-refractivity contribution in [3.05, 3.63) is 16.7 Å². The smallest absolute Gasteiger partial charge is 0.202 e. The third kappa shape index (κ3) is 2.00. The SMILES string of the molecule is CC1CCCC(n2c(N)nc3cc(Br)cnc32)C1. The number of rotatable bonds is 1. The summed E-state index contributed by atoms with van der Waals surface area (Å²) in [6.45, 7) is 2.31. The summed E-state index contributed by atoms with van der Waals surface area (Å²) in [6, 6.07) is 2.42. The number of nitrogen functional groups attached to an aromatic ring is 1. The van der Waals surface area contributed by atoms with Crippen molar-refractivity contribution in [2.24, 2.45) is 5.92 Å². The maximum atomic E-state index is 6.08. The van der Waals surface area contributed by atoms with Crippen molar-refractivity contribution in [2.75, 3.05) is 5.73 Å². The summed E-state index contributed by atoms with van der Waals surface area (Å²) in [7, 11) is 0. The van der Waals surface area contributed by atoms with Crippen LogP contribution in [0.25, 0.3) is 11.2 Å².